The van der Waals surface area contributed by atoms with Crippen molar-refractivity contribution in [2.45, 2.75) is 6.92 Å². The summed E-state index contributed by atoms with van der Waals surface area (Å²) in [5.41, 5.74) is 3.97. The molecule has 0 bridgehead atoms. The SMILES string of the molecule is CCOc1ccc2nc(-c3cccnc3)nc(Nc3ccc(NC)c(N(C)C=O)c3)c2c1. The van der Waals surface area contributed by atoms with E-state index in [-0.39, 0.29) is 0 Å². The molecule has 0 unspecified atom stereocenters. The number of fused-ring (bicyclic) bond motifs is 1. The fourth-order valence-electron chi connectivity index (χ4n) is 3.39. The van der Waals surface area contributed by atoms with E-state index in [2.05, 4.69) is 15.6 Å². The van der Waals surface area contributed by atoms with Crippen LogP contribution >= 0.6 is 0 Å². The summed E-state index contributed by atoms with van der Waals surface area (Å²) in [5, 5.41) is 7.33. The van der Waals surface area contributed by atoms with Crippen LogP contribution in [0.25, 0.3) is 22.3 Å². The van der Waals surface area contributed by atoms with E-state index >= 15 is 0 Å². The van der Waals surface area contributed by atoms with Crippen molar-refractivity contribution in [2.24, 2.45) is 0 Å². The number of amides is 1. The molecular formula is C24H24N6O2. The van der Waals surface area contributed by atoms with E-state index in [1.165, 1.54) is 4.90 Å². The summed E-state index contributed by atoms with van der Waals surface area (Å²) < 4.78 is 5.68. The van der Waals surface area contributed by atoms with Crippen LogP contribution in [0.2, 0.25) is 0 Å². The van der Waals surface area contributed by atoms with E-state index in [4.69, 9.17) is 14.7 Å². The second kappa shape index (κ2) is 9.30. The third-order valence-electron chi connectivity index (χ3n) is 4.97. The summed E-state index contributed by atoms with van der Waals surface area (Å²) in [5.74, 6) is 1.94. The molecular weight excluding hydrogens is 404 g/mol. The van der Waals surface area contributed by atoms with E-state index in [9.17, 15) is 4.79 Å². The number of hydrogen-bond acceptors (Lipinski definition) is 7. The van der Waals surface area contributed by atoms with Crippen molar-refractivity contribution in [3.05, 3.63) is 60.9 Å². The third-order valence-corrected chi connectivity index (χ3v) is 4.97. The van der Waals surface area contributed by atoms with E-state index in [1.807, 2.05) is 62.5 Å². The second-order valence-corrected chi connectivity index (χ2v) is 7.07. The summed E-state index contributed by atoms with van der Waals surface area (Å²) in [7, 11) is 3.53. The first-order valence-electron chi connectivity index (χ1n) is 10.2. The van der Waals surface area contributed by atoms with Gasteiger partial charge in [-0.05, 0) is 55.5 Å². The second-order valence-electron chi connectivity index (χ2n) is 7.07. The van der Waals surface area contributed by atoms with E-state index < -0.39 is 0 Å². The minimum atomic E-state index is 0.564. The van der Waals surface area contributed by atoms with Gasteiger partial charge in [0.05, 0.1) is 23.5 Å². The minimum absolute atomic E-state index is 0.564. The fourth-order valence-corrected chi connectivity index (χ4v) is 3.39. The molecule has 0 atom stereocenters. The van der Waals surface area contributed by atoms with Gasteiger partial charge in [0.1, 0.15) is 11.6 Å². The Kier molecular flexibility index (Phi) is 6.12. The monoisotopic (exact) mass is 428 g/mol. The van der Waals surface area contributed by atoms with Gasteiger partial charge in [-0.2, -0.15) is 0 Å². The molecule has 0 saturated carbocycles. The maximum atomic E-state index is 11.4. The summed E-state index contributed by atoms with van der Waals surface area (Å²) in [4.78, 5) is 26.6. The number of anilines is 4. The van der Waals surface area contributed by atoms with Crippen molar-refractivity contribution >= 4 is 40.2 Å². The van der Waals surface area contributed by atoms with Crippen molar-refractivity contribution in [3.8, 4) is 17.1 Å². The molecule has 0 aliphatic heterocycles. The molecule has 2 N–H and O–H groups in total. The van der Waals surface area contributed by atoms with Gasteiger partial charge in [0.2, 0.25) is 6.41 Å². The number of nitrogens with one attached hydrogen (secondary N) is 2. The largest absolute Gasteiger partial charge is 0.494 e. The number of carbonyl (C=O) groups is 1. The van der Waals surface area contributed by atoms with Crippen LogP contribution in [0.1, 0.15) is 6.92 Å². The molecule has 4 aromatic rings. The Labute approximate surface area is 186 Å². The topological polar surface area (TPSA) is 92.3 Å². The van der Waals surface area contributed by atoms with Crippen LogP contribution in [0, 0.1) is 0 Å². The quantitative estimate of drug-likeness (QED) is 0.400. The lowest BCUT2D eigenvalue weighted by Crippen LogP contribution is -2.15. The van der Waals surface area contributed by atoms with Crippen LogP contribution in [-0.4, -0.2) is 42.1 Å². The van der Waals surface area contributed by atoms with E-state index in [1.54, 1.807) is 19.4 Å². The molecule has 0 radical (unpaired) electrons. The van der Waals surface area contributed by atoms with Crippen LogP contribution < -0.4 is 20.3 Å². The average Bonchev–Trinajstić information content (AvgIpc) is 2.84. The molecule has 162 valence electrons. The van der Waals surface area contributed by atoms with Gasteiger partial charge in [-0.25, -0.2) is 9.97 Å². The van der Waals surface area contributed by atoms with Crippen LogP contribution in [0.15, 0.2) is 60.9 Å². The third kappa shape index (κ3) is 4.29. The van der Waals surface area contributed by atoms with Crippen molar-refractivity contribution in [1.82, 2.24) is 15.0 Å². The lowest BCUT2D eigenvalue weighted by Gasteiger charge is -2.18. The first-order valence-corrected chi connectivity index (χ1v) is 10.2. The van der Waals surface area contributed by atoms with Gasteiger partial charge >= 0.3 is 0 Å². The molecule has 0 spiro atoms. The van der Waals surface area contributed by atoms with Crippen LogP contribution in [0.4, 0.5) is 22.9 Å². The Morgan fingerprint density at radius 3 is 2.72 bits per heavy atom. The van der Waals surface area contributed by atoms with Gasteiger partial charge < -0.3 is 20.3 Å². The van der Waals surface area contributed by atoms with Crippen molar-refractivity contribution < 1.29 is 9.53 Å². The Balaban J connectivity index is 1.84. The standard InChI is InChI=1S/C24H24N6O2/c1-4-32-18-8-10-20-19(13-18)24(29-23(28-20)16-6-5-11-26-14-16)27-17-7-9-21(25-2)22(12-17)30(3)15-31/h5-15,25H,4H2,1-3H3,(H,27,28,29). The Morgan fingerprint density at radius 1 is 1.12 bits per heavy atom. The number of aromatic nitrogens is 3. The molecule has 4 rings (SSSR count). The molecule has 8 heteroatoms. The number of hydrogen-bond donors (Lipinski definition) is 2. The molecule has 32 heavy (non-hydrogen) atoms. The zero-order valence-electron chi connectivity index (χ0n) is 18.2. The zero-order valence-corrected chi connectivity index (χ0v) is 18.2. The average molecular weight is 428 g/mol. The Hall–Kier alpha value is -4.20. The molecule has 1 amide bonds. The highest BCUT2D eigenvalue weighted by Gasteiger charge is 2.13. The number of rotatable bonds is 8. The normalized spacial score (nSPS) is 10.6. The fraction of sp³-hybridized carbons (Fsp3) is 0.167. The Morgan fingerprint density at radius 2 is 2.00 bits per heavy atom. The molecule has 2 aromatic carbocycles. The summed E-state index contributed by atoms with van der Waals surface area (Å²) in [6.07, 6.45) is 4.22. The van der Waals surface area contributed by atoms with E-state index in [0.29, 0.717) is 18.2 Å². The Bertz CT molecular complexity index is 1250. The van der Waals surface area contributed by atoms with Gasteiger partial charge in [0.25, 0.3) is 0 Å². The van der Waals surface area contributed by atoms with Gasteiger partial charge in [-0.3, -0.25) is 9.78 Å². The zero-order chi connectivity index (χ0) is 22.5. The predicted molar refractivity (Wildman–Crippen MR) is 128 cm³/mol. The number of ether oxygens (including phenoxy) is 1. The molecule has 0 aliphatic carbocycles. The number of benzene rings is 2. The van der Waals surface area contributed by atoms with Crippen molar-refractivity contribution in [1.29, 1.82) is 0 Å². The molecule has 0 aliphatic rings. The maximum absolute atomic E-state index is 11.4. The highest BCUT2D eigenvalue weighted by atomic mass is 16.5. The number of nitrogens with zero attached hydrogens (tertiary/aromatic N) is 4. The molecule has 0 saturated heterocycles. The van der Waals surface area contributed by atoms with Gasteiger partial charge in [-0.15, -0.1) is 0 Å². The van der Waals surface area contributed by atoms with Crippen LogP contribution in [0.3, 0.4) is 0 Å². The molecule has 2 aromatic heterocycles. The number of carbonyl (C=O) groups excluding carboxylic acids is 1. The van der Waals surface area contributed by atoms with Gasteiger partial charge in [0, 0.05) is 43.1 Å². The van der Waals surface area contributed by atoms with Crippen LogP contribution in [0.5, 0.6) is 5.75 Å². The number of pyridine rings is 1. The molecule has 2 heterocycles. The molecule has 8 nitrogen and oxygen atoms in total. The highest BCUT2D eigenvalue weighted by molar-refractivity contribution is 5.94. The smallest absolute Gasteiger partial charge is 0.213 e. The lowest BCUT2D eigenvalue weighted by molar-refractivity contribution is -0.107. The summed E-state index contributed by atoms with van der Waals surface area (Å²) >= 11 is 0. The maximum Gasteiger partial charge on any atom is 0.213 e. The summed E-state index contributed by atoms with van der Waals surface area (Å²) in [6, 6.07) is 15.3. The van der Waals surface area contributed by atoms with Crippen LogP contribution in [-0.2, 0) is 4.79 Å². The highest BCUT2D eigenvalue weighted by Crippen LogP contribution is 2.33. The van der Waals surface area contributed by atoms with Gasteiger partial charge in [0.15, 0.2) is 5.82 Å². The lowest BCUT2D eigenvalue weighted by atomic mass is 10.1. The van der Waals surface area contributed by atoms with Crippen molar-refractivity contribution in [2.75, 3.05) is 36.2 Å². The van der Waals surface area contributed by atoms with Gasteiger partial charge in [-0.1, -0.05) is 0 Å². The summed E-state index contributed by atoms with van der Waals surface area (Å²) in [6.45, 7) is 2.51. The minimum Gasteiger partial charge on any atom is -0.494 e. The predicted octanol–water partition coefficient (Wildman–Crippen LogP) is 4.47. The molecule has 0 fully saturated rings. The first-order chi connectivity index (χ1) is 15.6. The van der Waals surface area contributed by atoms with Crippen molar-refractivity contribution in [3.63, 3.8) is 0 Å². The first kappa shape index (κ1) is 21.0. The van der Waals surface area contributed by atoms with E-state index in [0.717, 1.165) is 45.7 Å².